The molecule has 0 aliphatic rings. The van der Waals surface area contributed by atoms with Crippen LogP contribution in [0.5, 0.6) is 0 Å². The monoisotopic (exact) mass is 276 g/mol. The Morgan fingerprint density at radius 3 is 2.65 bits per heavy atom. The Labute approximate surface area is 119 Å². The van der Waals surface area contributed by atoms with Crippen molar-refractivity contribution in [3.63, 3.8) is 0 Å². The first kappa shape index (κ1) is 15.8. The van der Waals surface area contributed by atoms with Crippen LogP contribution in [0.3, 0.4) is 0 Å². The first-order chi connectivity index (χ1) is 9.67. The van der Waals surface area contributed by atoms with Gasteiger partial charge in [0.15, 0.2) is 0 Å². The molecule has 1 N–H and O–H groups in total. The number of hydrogen-bond acceptors (Lipinski definition) is 3. The Balaban J connectivity index is 2.51. The fourth-order valence-electron chi connectivity index (χ4n) is 1.62. The first-order valence-electron chi connectivity index (χ1n) is 6.50. The van der Waals surface area contributed by atoms with Crippen molar-refractivity contribution >= 4 is 12.0 Å². The normalized spacial score (nSPS) is 9.65. The molecule has 0 radical (unpaired) electrons. The van der Waals surface area contributed by atoms with Crippen molar-refractivity contribution < 1.29 is 14.3 Å². The van der Waals surface area contributed by atoms with Crippen LogP contribution in [0, 0.1) is 0 Å². The highest BCUT2D eigenvalue weighted by atomic mass is 16.5. The lowest BCUT2D eigenvalue weighted by Gasteiger charge is -2.20. The molecule has 0 fully saturated rings. The van der Waals surface area contributed by atoms with Crippen LogP contribution in [0.2, 0.25) is 0 Å². The molecule has 2 amide bonds. The van der Waals surface area contributed by atoms with Crippen LogP contribution in [-0.2, 0) is 16.1 Å². The smallest absolute Gasteiger partial charge is 0.325 e. The molecule has 5 nitrogen and oxygen atoms in total. The minimum Gasteiger partial charge on any atom is -0.465 e. The summed E-state index contributed by atoms with van der Waals surface area (Å²) < 4.78 is 4.84. The van der Waals surface area contributed by atoms with Gasteiger partial charge in [-0.3, -0.25) is 4.79 Å². The van der Waals surface area contributed by atoms with Gasteiger partial charge < -0.3 is 15.0 Å². The van der Waals surface area contributed by atoms with Crippen LogP contribution in [0.15, 0.2) is 43.0 Å². The first-order valence-corrected chi connectivity index (χ1v) is 6.50. The maximum absolute atomic E-state index is 12.0. The average Bonchev–Trinajstić information content (AvgIpc) is 2.45. The van der Waals surface area contributed by atoms with E-state index in [2.05, 4.69) is 11.9 Å². The van der Waals surface area contributed by atoms with Gasteiger partial charge in [-0.25, -0.2) is 4.79 Å². The van der Waals surface area contributed by atoms with Gasteiger partial charge in [0.05, 0.1) is 6.61 Å². The Kier molecular flexibility index (Phi) is 6.89. The maximum Gasteiger partial charge on any atom is 0.325 e. The van der Waals surface area contributed by atoms with Crippen molar-refractivity contribution in [1.29, 1.82) is 0 Å². The number of esters is 1. The number of rotatable bonds is 7. The van der Waals surface area contributed by atoms with Gasteiger partial charge in [0.25, 0.3) is 0 Å². The van der Waals surface area contributed by atoms with E-state index < -0.39 is 5.97 Å². The molecule has 5 heteroatoms. The molecule has 0 aromatic heterocycles. The molecular weight excluding hydrogens is 256 g/mol. The van der Waals surface area contributed by atoms with Crippen LogP contribution < -0.4 is 5.32 Å². The van der Waals surface area contributed by atoms with Gasteiger partial charge in [-0.1, -0.05) is 36.4 Å². The van der Waals surface area contributed by atoms with Gasteiger partial charge in [0.2, 0.25) is 0 Å². The summed E-state index contributed by atoms with van der Waals surface area (Å²) in [5.41, 5.74) is 0.996. The van der Waals surface area contributed by atoms with E-state index in [1.54, 1.807) is 13.0 Å². The number of hydrogen-bond donors (Lipinski definition) is 1. The number of nitrogens with zero attached hydrogens (tertiary/aromatic N) is 1. The summed E-state index contributed by atoms with van der Waals surface area (Å²) in [5, 5.41) is 2.76. The third-order valence-electron chi connectivity index (χ3n) is 2.55. The summed E-state index contributed by atoms with van der Waals surface area (Å²) in [6.07, 6.45) is 1.57. The lowest BCUT2D eigenvalue weighted by molar-refractivity contribution is -0.143. The molecule has 0 bridgehead atoms. The number of nitrogens with one attached hydrogen (secondary N) is 1. The van der Waals surface area contributed by atoms with E-state index in [0.717, 1.165) is 5.56 Å². The second kappa shape index (κ2) is 8.74. The third kappa shape index (κ3) is 5.56. The van der Waals surface area contributed by atoms with E-state index in [9.17, 15) is 9.59 Å². The molecule has 0 aliphatic heterocycles. The number of benzene rings is 1. The fourth-order valence-corrected chi connectivity index (χ4v) is 1.62. The zero-order valence-electron chi connectivity index (χ0n) is 11.7. The lowest BCUT2D eigenvalue weighted by Crippen LogP contribution is -2.43. The van der Waals surface area contributed by atoms with Crippen LogP contribution in [0.4, 0.5) is 4.79 Å². The largest absolute Gasteiger partial charge is 0.465 e. The number of ether oxygens (including phenoxy) is 1. The number of amides is 2. The predicted molar refractivity (Wildman–Crippen MR) is 77.1 cm³/mol. The molecule has 0 unspecified atom stereocenters. The van der Waals surface area contributed by atoms with Gasteiger partial charge in [0, 0.05) is 13.1 Å². The lowest BCUT2D eigenvalue weighted by atomic mass is 10.2. The van der Waals surface area contributed by atoms with E-state index in [-0.39, 0.29) is 12.6 Å². The van der Waals surface area contributed by atoms with Crippen molar-refractivity contribution in [2.75, 3.05) is 19.7 Å². The Bertz CT molecular complexity index is 446. The molecule has 1 aromatic carbocycles. The Hall–Kier alpha value is -2.30. The highest BCUT2D eigenvalue weighted by Gasteiger charge is 2.16. The van der Waals surface area contributed by atoms with E-state index in [4.69, 9.17) is 4.74 Å². The quantitative estimate of drug-likeness (QED) is 0.611. The average molecular weight is 276 g/mol. The molecule has 0 spiro atoms. The minimum absolute atomic E-state index is 0.0829. The zero-order chi connectivity index (χ0) is 14.8. The molecular formula is C15H20N2O3. The van der Waals surface area contributed by atoms with E-state index >= 15 is 0 Å². The highest BCUT2D eigenvalue weighted by molar-refractivity contribution is 5.81. The highest BCUT2D eigenvalue weighted by Crippen LogP contribution is 1.99. The molecule has 0 saturated carbocycles. The van der Waals surface area contributed by atoms with E-state index in [0.29, 0.717) is 19.7 Å². The second-order valence-electron chi connectivity index (χ2n) is 4.12. The zero-order valence-corrected chi connectivity index (χ0v) is 11.7. The molecule has 0 saturated heterocycles. The van der Waals surface area contributed by atoms with Crippen LogP contribution in [0.1, 0.15) is 12.5 Å². The van der Waals surface area contributed by atoms with Gasteiger partial charge in [-0.2, -0.15) is 0 Å². The summed E-state index contributed by atoms with van der Waals surface area (Å²) in [5.74, 6) is -0.427. The van der Waals surface area contributed by atoms with Gasteiger partial charge >= 0.3 is 12.0 Å². The van der Waals surface area contributed by atoms with Crippen molar-refractivity contribution in [1.82, 2.24) is 10.2 Å². The molecule has 0 aliphatic carbocycles. The molecule has 1 rings (SSSR count). The molecule has 1 aromatic rings. The van der Waals surface area contributed by atoms with Crippen molar-refractivity contribution in [2.24, 2.45) is 0 Å². The summed E-state index contributed by atoms with van der Waals surface area (Å²) in [6.45, 7) is 6.23. The third-order valence-corrected chi connectivity index (χ3v) is 2.55. The van der Waals surface area contributed by atoms with Gasteiger partial charge in [-0.05, 0) is 12.5 Å². The summed E-state index contributed by atoms with van der Waals surface area (Å²) in [7, 11) is 0. The van der Waals surface area contributed by atoms with Crippen molar-refractivity contribution in [3.05, 3.63) is 48.6 Å². The van der Waals surface area contributed by atoms with Crippen LogP contribution in [-0.4, -0.2) is 36.6 Å². The summed E-state index contributed by atoms with van der Waals surface area (Å²) in [4.78, 5) is 24.8. The van der Waals surface area contributed by atoms with Crippen molar-refractivity contribution in [2.45, 2.75) is 13.5 Å². The predicted octanol–water partition coefficient (Wildman–Crippen LogP) is 1.95. The molecule has 20 heavy (non-hydrogen) atoms. The minimum atomic E-state index is -0.427. The van der Waals surface area contributed by atoms with Crippen molar-refractivity contribution in [3.8, 4) is 0 Å². The number of carbonyl (C=O) groups is 2. The molecule has 108 valence electrons. The number of urea groups is 1. The Morgan fingerprint density at radius 1 is 1.35 bits per heavy atom. The second-order valence-corrected chi connectivity index (χ2v) is 4.12. The van der Waals surface area contributed by atoms with Crippen LogP contribution >= 0.6 is 0 Å². The standard InChI is InChI=1S/C15H20N2O3/c1-3-10-17(12-14(18)20-4-2)15(19)16-11-13-8-6-5-7-9-13/h3,5-9H,1,4,10-12H2,2H3,(H,16,19). The van der Waals surface area contributed by atoms with Gasteiger partial charge in [-0.15, -0.1) is 6.58 Å². The molecule has 0 atom stereocenters. The SMILES string of the molecule is C=CCN(CC(=O)OCC)C(=O)NCc1ccccc1. The summed E-state index contributed by atoms with van der Waals surface area (Å²) in [6, 6.07) is 9.24. The summed E-state index contributed by atoms with van der Waals surface area (Å²) >= 11 is 0. The number of carbonyl (C=O) groups excluding carboxylic acids is 2. The fraction of sp³-hybridized carbons (Fsp3) is 0.333. The van der Waals surface area contributed by atoms with E-state index in [1.165, 1.54) is 4.90 Å². The molecule has 0 heterocycles. The van der Waals surface area contributed by atoms with Gasteiger partial charge in [0.1, 0.15) is 6.54 Å². The topological polar surface area (TPSA) is 58.6 Å². The Morgan fingerprint density at radius 2 is 2.05 bits per heavy atom. The van der Waals surface area contributed by atoms with E-state index in [1.807, 2.05) is 30.3 Å². The van der Waals surface area contributed by atoms with Crippen LogP contribution in [0.25, 0.3) is 0 Å². The maximum atomic E-state index is 12.0.